The van der Waals surface area contributed by atoms with Crippen LogP contribution < -0.4 is 11.3 Å². The van der Waals surface area contributed by atoms with E-state index in [9.17, 15) is 0 Å². The van der Waals surface area contributed by atoms with Gasteiger partial charge in [-0.2, -0.15) is 5.10 Å². The van der Waals surface area contributed by atoms with E-state index in [1.54, 1.807) is 0 Å². The van der Waals surface area contributed by atoms with Gasteiger partial charge in [-0.25, -0.2) is 5.84 Å². The lowest BCUT2D eigenvalue weighted by molar-refractivity contribution is 0.865. The molecule has 1 aromatic rings. The number of rotatable bonds is 1. The van der Waals surface area contributed by atoms with Gasteiger partial charge in [0.1, 0.15) is 5.82 Å². The molecule has 1 heterocycles. The van der Waals surface area contributed by atoms with Crippen molar-refractivity contribution in [2.45, 2.75) is 19.3 Å². The summed E-state index contributed by atoms with van der Waals surface area (Å²) in [6.07, 6.45) is 3.40. The zero-order chi connectivity index (χ0) is 6.97. The van der Waals surface area contributed by atoms with Gasteiger partial charge in [0.25, 0.3) is 0 Å². The minimum atomic E-state index is 0.882. The summed E-state index contributed by atoms with van der Waals surface area (Å²) in [5.74, 6) is 6.13. The van der Waals surface area contributed by atoms with Gasteiger partial charge in [-0.15, -0.1) is 0 Å². The van der Waals surface area contributed by atoms with Crippen molar-refractivity contribution < 1.29 is 0 Å². The molecule has 0 atom stereocenters. The molecule has 4 N–H and O–H groups in total. The van der Waals surface area contributed by atoms with E-state index in [0.29, 0.717) is 0 Å². The van der Waals surface area contributed by atoms with Crippen LogP contribution in [0.1, 0.15) is 17.7 Å². The minimum absolute atomic E-state index is 0.882. The molecule has 0 bridgehead atoms. The smallest absolute Gasteiger partial charge is 0.139 e. The first-order chi connectivity index (χ1) is 4.92. The number of nitrogens with two attached hydrogens (primary N) is 1. The van der Waals surface area contributed by atoms with Gasteiger partial charge >= 0.3 is 0 Å². The van der Waals surface area contributed by atoms with Crippen molar-refractivity contribution in [3.63, 3.8) is 0 Å². The zero-order valence-electron chi connectivity index (χ0n) is 5.65. The molecular weight excluding hydrogens is 128 g/mol. The fourth-order valence-corrected chi connectivity index (χ4v) is 1.43. The quantitative estimate of drug-likeness (QED) is 0.383. The molecule has 0 aromatic carbocycles. The molecular formula is C6H10N4. The number of anilines is 1. The largest absolute Gasteiger partial charge is 0.309 e. The van der Waals surface area contributed by atoms with Crippen LogP contribution in [0.2, 0.25) is 0 Å². The molecule has 1 aliphatic rings. The van der Waals surface area contributed by atoms with Crippen molar-refractivity contribution in [3.8, 4) is 0 Å². The maximum absolute atomic E-state index is 5.25. The Bertz CT molecular complexity index is 240. The van der Waals surface area contributed by atoms with Crippen LogP contribution in [0, 0.1) is 0 Å². The first-order valence-corrected chi connectivity index (χ1v) is 3.44. The van der Waals surface area contributed by atoms with Crippen LogP contribution in [-0.2, 0) is 12.8 Å². The molecule has 1 aromatic heterocycles. The summed E-state index contributed by atoms with van der Waals surface area (Å²) in [5, 5.41) is 6.94. The molecule has 0 amide bonds. The van der Waals surface area contributed by atoms with Gasteiger partial charge < -0.3 is 5.43 Å². The van der Waals surface area contributed by atoms with Crippen LogP contribution in [0.15, 0.2) is 0 Å². The van der Waals surface area contributed by atoms with Gasteiger partial charge in [-0.05, 0) is 19.3 Å². The number of aromatic nitrogens is 2. The molecule has 0 aliphatic heterocycles. The van der Waals surface area contributed by atoms with Gasteiger partial charge in [0.05, 0.1) is 5.69 Å². The highest BCUT2D eigenvalue weighted by Gasteiger charge is 2.17. The van der Waals surface area contributed by atoms with E-state index in [0.717, 1.165) is 18.7 Å². The van der Waals surface area contributed by atoms with Crippen LogP contribution in [0.3, 0.4) is 0 Å². The minimum Gasteiger partial charge on any atom is -0.309 e. The molecule has 0 fully saturated rings. The van der Waals surface area contributed by atoms with E-state index >= 15 is 0 Å². The molecule has 2 rings (SSSR count). The van der Waals surface area contributed by atoms with Crippen molar-refractivity contribution in [2.75, 3.05) is 5.43 Å². The van der Waals surface area contributed by atoms with E-state index in [1.807, 2.05) is 0 Å². The molecule has 1 aliphatic carbocycles. The van der Waals surface area contributed by atoms with E-state index in [-0.39, 0.29) is 0 Å². The number of hydrazine groups is 1. The topological polar surface area (TPSA) is 66.7 Å². The van der Waals surface area contributed by atoms with Gasteiger partial charge in [0.2, 0.25) is 0 Å². The molecule has 0 spiro atoms. The summed E-state index contributed by atoms with van der Waals surface area (Å²) in [7, 11) is 0. The molecule has 0 saturated carbocycles. The van der Waals surface area contributed by atoms with Crippen LogP contribution >= 0.6 is 0 Å². The van der Waals surface area contributed by atoms with Crippen molar-refractivity contribution in [2.24, 2.45) is 5.84 Å². The summed E-state index contributed by atoms with van der Waals surface area (Å²) in [6, 6.07) is 0. The highest BCUT2D eigenvalue weighted by Crippen LogP contribution is 2.24. The second-order valence-electron chi connectivity index (χ2n) is 2.52. The number of nitrogens with one attached hydrogen (secondary N) is 2. The van der Waals surface area contributed by atoms with Gasteiger partial charge in [-0.1, -0.05) is 0 Å². The monoisotopic (exact) mass is 138 g/mol. The van der Waals surface area contributed by atoms with E-state index < -0.39 is 0 Å². The molecule has 54 valence electrons. The first-order valence-electron chi connectivity index (χ1n) is 3.44. The van der Waals surface area contributed by atoms with E-state index in [4.69, 9.17) is 5.84 Å². The average Bonchev–Trinajstić information content (AvgIpc) is 2.44. The maximum atomic E-state index is 5.25. The number of nitrogen functional groups attached to an aromatic ring is 1. The molecule has 0 saturated heterocycles. The number of aromatic amines is 1. The number of aryl methyl sites for hydroxylation is 1. The van der Waals surface area contributed by atoms with Crippen LogP contribution in [0.5, 0.6) is 0 Å². The predicted octanol–water partition coefficient (Wildman–Crippen LogP) is 0.184. The standard InChI is InChI=1S/C6H10N4/c7-8-6-4-2-1-3-5(4)9-10-6/h1-3,7H2,(H2,8,9,10). The second-order valence-corrected chi connectivity index (χ2v) is 2.52. The van der Waals surface area contributed by atoms with Crippen molar-refractivity contribution >= 4 is 5.82 Å². The fourth-order valence-electron chi connectivity index (χ4n) is 1.43. The number of hydrogen-bond donors (Lipinski definition) is 3. The van der Waals surface area contributed by atoms with Crippen LogP contribution in [-0.4, -0.2) is 10.2 Å². The molecule has 4 nitrogen and oxygen atoms in total. The van der Waals surface area contributed by atoms with Crippen LogP contribution in [0.4, 0.5) is 5.82 Å². The Kier molecular flexibility index (Phi) is 1.14. The third kappa shape index (κ3) is 0.623. The Balaban J connectivity index is 2.44. The van der Waals surface area contributed by atoms with Crippen molar-refractivity contribution in [1.29, 1.82) is 0 Å². The SMILES string of the molecule is NNc1[nH]nc2c1CCC2. The predicted molar refractivity (Wildman–Crippen MR) is 38.4 cm³/mol. The Morgan fingerprint density at radius 1 is 1.50 bits per heavy atom. The van der Waals surface area contributed by atoms with E-state index in [1.165, 1.54) is 17.7 Å². The Morgan fingerprint density at radius 2 is 2.40 bits per heavy atom. The Labute approximate surface area is 58.8 Å². The third-order valence-corrected chi connectivity index (χ3v) is 1.94. The number of hydrogen-bond acceptors (Lipinski definition) is 3. The van der Waals surface area contributed by atoms with Crippen molar-refractivity contribution in [1.82, 2.24) is 10.2 Å². The zero-order valence-corrected chi connectivity index (χ0v) is 5.65. The lowest BCUT2D eigenvalue weighted by atomic mass is 10.3. The van der Waals surface area contributed by atoms with Crippen LogP contribution in [0.25, 0.3) is 0 Å². The maximum Gasteiger partial charge on any atom is 0.139 e. The summed E-state index contributed by atoms with van der Waals surface area (Å²) in [6.45, 7) is 0. The summed E-state index contributed by atoms with van der Waals surface area (Å²) < 4.78 is 0. The summed E-state index contributed by atoms with van der Waals surface area (Å²) in [4.78, 5) is 0. The second kappa shape index (κ2) is 1.98. The normalized spacial score (nSPS) is 15.3. The first kappa shape index (κ1) is 5.73. The Hall–Kier alpha value is -1.03. The summed E-state index contributed by atoms with van der Waals surface area (Å²) in [5.41, 5.74) is 5.03. The summed E-state index contributed by atoms with van der Waals surface area (Å²) >= 11 is 0. The molecule has 4 heteroatoms. The molecule has 0 radical (unpaired) electrons. The fraction of sp³-hybridized carbons (Fsp3) is 0.500. The Morgan fingerprint density at radius 3 is 3.20 bits per heavy atom. The molecule has 0 unspecified atom stereocenters. The molecule has 10 heavy (non-hydrogen) atoms. The average molecular weight is 138 g/mol. The van der Waals surface area contributed by atoms with Gasteiger partial charge in [-0.3, -0.25) is 5.10 Å². The number of fused-ring (bicyclic) bond motifs is 1. The highest BCUT2D eigenvalue weighted by atomic mass is 15.3. The highest BCUT2D eigenvalue weighted by molar-refractivity contribution is 5.47. The lowest BCUT2D eigenvalue weighted by Crippen LogP contribution is -2.08. The van der Waals surface area contributed by atoms with Gasteiger partial charge in [0.15, 0.2) is 0 Å². The lowest BCUT2D eigenvalue weighted by Gasteiger charge is -1.95. The number of nitrogens with zero attached hydrogens (tertiary/aromatic N) is 1. The van der Waals surface area contributed by atoms with Gasteiger partial charge in [0, 0.05) is 5.56 Å². The number of H-pyrrole nitrogens is 1. The van der Waals surface area contributed by atoms with E-state index in [2.05, 4.69) is 15.6 Å². The third-order valence-electron chi connectivity index (χ3n) is 1.94. The van der Waals surface area contributed by atoms with Crippen molar-refractivity contribution in [3.05, 3.63) is 11.3 Å².